The van der Waals surface area contributed by atoms with E-state index in [4.69, 9.17) is 9.05 Å². The van der Waals surface area contributed by atoms with E-state index in [-0.39, 0.29) is 25.7 Å². The Morgan fingerprint density at radius 2 is 1.78 bits per heavy atom. The van der Waals surface area contributed by atoms with Crippen LogP contribution >= 0.6 is 7.82 Å². The number of carbonyl (C=O) groups is 1. The number of aliphatic hydroxyl groups is 2. The Morgan fingerprint density at radius 1 is 1.28 bits per heavy atom. The number of rotatable bonds is 9. The van der Waals surface area contributed by atoms with Gasteiger partial charge in [0.2, 0.25) is 5.91 Å². The van der Waals surface area contributed by atoms with E-state index in [1.807, 2.05) is 0 Å². The average Bonchev–Trinajstić information content (AvgIpc) is 2.25. The highest BCUT2D eigenvalue weighted by atomic mass is 31.2. The predicted molar refractivity (Wildman–Crippen MR) is 62.6 cm³/mol. The molecular formula is C9H20NO7P. The number of amides is 1. The van der Waals surface area contributed by atoms with Crippen LogP contribution in [0, 0.1) is 0 Å². The lowest BCUT2D eigenvalue weighted by atomic mass is 10.3. The molecule has 0 aliphatic heterocycles. The number of phosphoric acid groups is 1. The van der Waals surface area contributed by atoms with Gasteiger partial charge in [0.25, 0.3) is 0 Å². The van der Waals surface area contributed by atoms with E-state index in [0.717, 1.165) is 0 Å². The standard InChI is InChI=1S/C9H20NO7P/c1-4-15-18(14,16-5-2)17-9(13)8(12)6-10-7(3)11/h8-9,12-13H,4-6H2,1-3H3,(H,10,11)/t8-,9+/m1/s1. The Bertz CT molecular complexity index is 289. The van der Waals surface area contributed by atoms with Gasteiger partial charge in [-0.1, -0.05) is 0 Å². The molecule has 0 rings (SSSR count). The molecule has 0 fully saturated rings. The van der Waals surface area contributed by atoms with Crippen LogP contribution in [0.3, 0.4) is 0 Å². The number of nitrogens with one attached hydrogen (secondary N) is 1. The van der Waals surface area contributed by atoms with Gasteiger partial charge in [-0.2, -0.15) is 0 Å². The van der Waals surface area contributed by atoms with Crippen molar-refractivity contribution in [3.8, 4) is 0 Å². The van der Waals surface area contributed by atoms with Crippen molar-refractivity contribution in [2.24, 2.45) is 0 Å². The number of hydrogen-bond acceptors (Lipinski definition) is 7. The van der Waals surface area contributed by atoms with E-state index in [0.29, 0.717) is 0 Å². The first-order chi connectivity index (χ1) is 8.34. The zero-order valence-electron chi connectivity index (χ0n) is 10.7. The van der Waals surface area contributed by atoms with Crippen LogP contribution in [0.15, 0.2) is 0 Å². The molecule has 0 aromatic rings. The third-order valence-electron chi connectivity index (χ3n) is 1.70. The number of carbonyl (C=O) groups excluding carboxylic acids is 1. The molecule has 0 heterocycles. The molecule has 3 N–H and O–H groups in total. The second kappa shape index (κ2) is 8.58. The second-order valence-corrected chi connectivity index (χ2v) is 4.90. The first-order valence-electron chi connectivity index (χ1n) is 5.52. The first-order valence-corrected chi connectivity index (χ1v) is 6.98. The van der Waals surface area contributed by atoms with Crippen LogP contribution < -0.4 is 5.32 Å². The number of hydrogen-bond donors (Lipinski definition) is 3. The fourth-order valence-corrected chi connectivity index (χ4v) is 2.20. The highest BCUT2D eigenvalue weighted by Crippen LogP contribution is 2.50. The van der Waals surface area contributed by atoms with Gasteiger partial charge in [0, 0.05) is 13.5 Å². The van der Waals surface area contributed by atoms with E-state index in [9.17, 15) is 19.6 Å². The maximum Gasteiger partial charge on any atom is 0.477 e. The summed E-state index contributed by atoms with van der Waals surface area (Å²) in [5, 5.41) is 21.2. The average molecular weight is 285 g/mol. The van der Waals surface area contributed by atoms with Crippen molar-refractivity contribution in [2.75, 3.05) is 19.8 Å². The molecule has 0 saturated heterocycles. The van der Waals surface area contributed by atoms with Crippen LogP contribution in [0.1, 0.15) is 20.8 Å². The SMILES string of the molecule is CCOP(=O)(OCC)O[C@H](O)[C@H](O)CNC(C)=O. The summed E-state index contributed by atoms with van der Waals surface area (Å²) in [4.78, 5) is 10.6. The Balaban J connectivity index is 4.35. The largest absolute Gasteiger partial charge is 0.477 e. The topological polar surface area (TPSA) is 114 Å². The van der Waals surface area contributed by atoms with Gasteiger partial charge in [-0.25, -0.2) is 4.57 Å². The van der Waals surface area contributed by atoms with Gasteiger partial charge in [0.15, 0.2) is 6.29 Å². The van der Waals surface area contributed by atoms with E-state index in [1.54, 1.807) is 13.8 Å². The minimum atomic E-state index is -3.90. The van der Waals surface area contributed by atoms with Crippen molar-refractivity contribution in [1.82, 2.24) is 5.32 Å². The maximum atomic E-state index is 11.8. The Labute approximate surface area is 106 Å². The fraction of sp³-hybridized carbons (Fsp3) is 0.889. The third-order valence-corrected chi connectivity index (χ3v) is 3.32. The molecule has 1 amide bonds. The zero-order valence-corrected chi connectivity index (χ0v) is 11.6. The fourth-order valence-electron chi connectivity index (χ4n) is 0.966. The Kier molecular flexibility index (Phi) is 8.34. The molecular weight excluding hydrogens is 265 g/mol. The molecule has 0 radical (unpaired) electrons. The van der Waals surface area contributed by atoms with Crippen molar-refractivity contribution in [2.45, 2.75) is 33.2 Å². The molecule has 9 heteroatoms. The van der Waals surface area contributed by atoms with E-state index >= 15 is 0 Å². The van der Waals surface area contributed by atoms with Crippen molar-refractivity contribution < 1.29 is 33.1 Å². The lowest BCUT2D eigenvalue weighted by Crippen LogP contribution is -2.39. The predicted octanol–water partition coefficient (Wildman–Crippen LogP) is -0.000500. The molecule has 0 saturated carbocycles. The summed E-state index contributed by atoms with van der Waals surface area (Å²) in [6, 6.07) is 0. The van der Waals surface area contributed by atoms with Gasteiger partial charge >= 0.3 is 7.82 Å². The summed E-state index contributed by atoms with van der Waals surface area (Å²) in [6.45, 7) is 4.29. The van der Waals surface area contributed by atoms with Crippen molar-refractivity contribution in [3.05, 3.63) is 0 Å². The van der Waals surface area contributed by atoms with Crippen molar-refractivity contribution in [1.29, 1.82) is 0 Å². The smallest absolute Gasteiger partial charge is 0.386 e. The highest BCUT2D eigenvalue weighted by molar-refractivity contribution is 7.48. The van der Waals surface area contributed by atoms with Crippen LogP contribution in [0.5, 0.6) is 0 Å². The molecule has 0 aromatic heterocycles. The molecule has 0 unspecified atom stereocenters. The van der Waals surface area contributed by atoms with E-state index in [2.05, 4.69) is 9.84 Å². The van der Waals surface area contributed by atoms with Gasteiger partial charge in [0.1, 0.15) is 6.10 Å². The minimum absolute atomic E-state index is 0.0613. The monoisotopic (exact) mass is 285 g/mol. The van der Waals surface area contributed by atoms with E-state index in [1.165, 1.54) is 6.92 Å². The van der Waals surface area contributed by atoms with Crippen molar-refractivity contribution in [3.63, 3.8) is 0 Å². The van der Waals surface area contributed by atoms with Gasteiger partial charge in [-0.05, 0) is 13.8 Å². The molecule has 8 nitrogen and oxygen atoms in total. The molecule has 2 atom stereocenters. The Hall–Kier alpha value is -0.500. The van der Waals surface area contributed by atoms with Gasteiger partial charge in [-0.3, -0.25) is 18.4 Å². The Morgan fingerprint density at radius 3 is 2.17 bits per heavy atom. The first kappa shape index (κ1) is 17.5. The second-order valence-electron chi connectivity index (χ2n) is 3.28. The third kappa shape index (κ3) is 7.05. The molecule has 0 bridgehead atoms. The molecule has 0 spiro atoms. The summed E-state index contributed by atoms with van der Waals surface area (Å²) in [7, 11) is -3.90. The quantitative estimate of drug-likeness (QED) is 0.403. The minimum Gasteiger partial charge on any atom is -0.386 e. The molecule has 0 aliphatic rings. The summed E-state index contributed by atoms with van der Waals surface area (Å²) < 4.78 is 26.1. The van der Waals surface area contributed by atoms with Crippen molar-refractivity contribution >= 4 is 13.7 Å². The summed E-state index contributed by atoms with van der Waals surface area (Å²) >= 11 is 0. The summed E-state index contributed by atoms with van der Waals surface area (Å²) in [5.41, 5.74) is 0. The van der Waals surface area contributed by atoms with E-state index < -0.39 is 20.2 Å². The molecule has 108 valence electrons. The number of phosphoric ester groups is 1. The van der Waals surface area contributed by atoms with Crippen LogP contribution in [0.2, 0.25) is 0 Å². The van der Waals surface area contributed by atoms with Gasteiger partial charge in [-0.15, -0.1) is 0 Å². The molecule has 18 heavy (non-hydrogen) atoms. The van der Waals surface area contributed by atoms with Gasteiger partial charge in [0.05, 0.1) is 13.2 Å². The van der Waals surface area contributed by atoms with Gasteiger partial charge < -0.3 is 15.5 Å². The lowest BCUT2D eigenvalue weighted by molar-refractivity contribution is -0.127. The van der Waals surface area contributed by atoms with Crippen LogP contribution in [0.4, 0.5) is 0 Å². The summed E-state index contributed by atoms with van der Waals surface area (Å²) in [6.07, 6.45) is -3.23. The normalized spacial score (nSPS) is 15.2. The lowest BCUT2D eigenvalue weighted by Gasteiger charge is -2.23. The maximum absolute atomic E-state index is 11.8. The van der Waals surface area contributed by atoms with Crippen LogP contribution in [-0.2, 0) is 22.9 Å². The molecule has 0 aromatic carbocycles. The zero-order chi connectivity index (χ0) is 14.2. The van der Waals surface area contributed by atoms with Crippen LogP contribution in [-0.4, -0.2) is 48.3 Å². The van der Waals surface area contributed by atoms with Crippen LogP contribution in [0.25, 0.3) is 0 Å². The summed E-state index contributed by atoms with van der Waals surface area (Å²) in [5.74, 6) is -0.376. The highest BCUT2D eigenvalue weighted by Gasteiger charge is 2.32. The number of aliphatic hydroxyl groups excluding tert-OH is 2. The molecule has 0 aliphatic carbocycles.